The van der Waals surface area contributed by atoms with Crippen LogP contribution in [0.5, 0.6) is 0 Å². The zero-order valence-corrected chi connectivity index (χ0v) is 12.1. The zero-order valence-electron chi connectivity index (χ0n) is 11.4. The summed E-state index contributed by atoms with van der Waals surface area (Å²) in [5.41, 5.74) is -0.104. The third kappa shape index (κ3) is 3.08. The molecule has 0 aliphatic heterocycles. The van der Waals surface area contributed by atoms with Crippen molar-refractivity contribution in [3.63, 3.8) is 0 Å². The summed E-state index contributed by atoms with van der Waals surface area (Å²) < 4.78 is 15.6. The molecule has 1 aromatic heterocycles. The van der Waals surface area contributed by atoms with Crippen LogP contribution in [0.3, 0.4) is 0 Å². The first-order valence-electron chi connectivity index (χ1n) is 6.90. The third-order valence-electron chi connectivity index (χ3n) is 3.52. The Morgan fingerprint density at radius 3 is 3.00 bits per heavy atom. The molecule has 1 amide bonds. The normalized spacial score (nSPS) is 14.2. The van der Waals surface area contributed by atoms with Crippen molar-refractivity contribution in [1.82, 2.24) is 14.9 Å². The Bertz CT molecular complexity index is 646. The van der Waals surface area contributed by atoms with E-state index in [0.717, 1.165) is 5.82 Å². The van der Waals surface area contributed by atoms with Gasteiger partial charge in [-0.25, -0.2) is 9.37 Å². The fraction of sp³-hybridized carbons (Fsp3) is 0.333. The monoisotopic (exact) mass is 307 g/mol. The fourth-order valence-corrected chi connectivity index (χ4v) is 2.55. The molecule has 3 rings (SSSR count). The van der Waals surface area contributed by atoms with E-state index in [4.69, 9.17) is 11.6 Å². The van der Waals surface area contributed by atoms with Gasteiger partial charge in [-0.3, -0.25) is 4.79 Å². The van der Waals surface area contributed by atoms with E-state index in [0.29, 0.717) is 19.0 Å². The predicted molar refractivity (Wildman–Crippen MR) is 77.9 cm³/mol. The van der Waals surface area contributed by atoms with E-state index in [2.05, 4.69) is 10.3 Å². The van der Waals surface area contributed by atoms with Gasteiger partial charge in [0.2, 0.25) is 0 Å². The van der Waals surface area contributed by atoms with Crippen molar-refractivity contribution in [3.8, 4) is 0 Å². The minimum absolute atomic E-state index is 0.104. The lowest BCUT2D eigenvalue weighted by Gasteiger charge is -2.10. The summed E-state index contributed by atoms with van der Waals surface area (Å²) in [5.74, 6) is 0.511. The molecule has 1 N–H and O–H groups in total. The molecule has 1 aromatic carbocycles. The van der Waals surface area contributed by atoms with Crippen molar-refractivity contribution in [1.29, 1.82) is 0 Å². The van der Waals surface area contributed by atoms with E-state index in [1.165, 1.54) is 31.0 Å². The minimum Gasteiger partial charge on any atom is -0.350 e. The molecule has 1 aliphatic rings. The lowest BCUT2D eigenvalue weighted by atomic mass is 10.2. The summed E-state index contributed by atoms with van der Waals surface area (Å²) >= 11 is 5.86. The van der Waals surface area contributed by atoms with Gasteiger partial charge < -0.3 is 9.88 Å². The number of aromatic nitrogens is 2. The van der Waals surface area contributed by atoms with Gasteiger partial charge in [-0.05, 0) is 25.0 Å². The summed E-state index contributed by atoms with van der Waals surface area (Å²) in [4.78, 5) is 16.3. The van der Waals surface area contributed by atoms with Crippen LogP contribution in [-0.2, 0) is 6.54 Å². The average Bonchev–Trinajstić information content (AvgIpc) is 3.18. The second-order valence-corrected chi connectivity index (χ2v) is 5.51. The molecule has 1 heterocycles. The number of nitrogens with zero attached hydrogens (tertiary/aromatic N) is 2. The lowest BCUT2D eigenvalue weighted by Crippen LogP contribution is -2.28. The summed E-state index contributed by atoms with van der Waals surface area (Å²) in [7, 11) is 0. The highest BCUT2D eigenvalue weighted by Crippen LogP contribution is 2.38. The Hall–Kier alpha value is -1.88. The third-order valence-corrected chi connectivity index (χ3v) is 3.83. The summed E-state index contributed by atoms with van der Waals surface area (Å²) in [6.45, 7) is 1.02. The number of hydrogen-bond acceptors (Lipinski definition) is 2. The highest BCUT2D eigenvalue weighted by molar-refractivity contribution is 6.33. The molecule has 1 saturated carbocycles. The molecule has 2 aromatic rings. The number of imidazole rings is 1. The fourth-order valence-electron chi connectivity index (χ4n) is 2.30. The molecule has 1 aliphatic carbocycles. The molecular formula is C15H15ClFN3O. The van der Waals surface area contributed by atoms with Crippen LogP contribution in [0.25, 0.3) is 0 Å². The number of carbonyl (C=O) groups is 1. The maximum Gasteiger partial charge on any atom is 0.255 e. The zero-order chi connectivity index (χ0) is 14.8. The Labute approximate surface area is 126 Å². The van der Waals surface area contributed by atoms with Crippen molar-refractivity contribution < 1.29 is 9.18 Å². The Morgan fingerprint density at radius 1 is 1.48 bits per heavy atom. The van der Waals surface area contributed by atoms with Crippen LogP contribution >= 0.6 is 11.6 Å². The van der Waals surface area contributed by atoms with Crippen LogP contribution in [0.15, 0.2) is 30.6 Å². The van der Waals surface area contributed by atoms with E-state index >= 15 is 0 Å². The van der Waals surface area contributed by atoms with E-state index < -0.39 is 11.7 Å². The molecule has 0 spiro atoms. The standard InChI is InChI=1S/C15H15ClFN3O/c16-11-2-1-3-12(17)13(11)15(21)19-7-9-20-8-6-18-14(20)10-4-5-10/h1-3,6,8,10H,4-5,7,9H2,(H,19,21). The number of halogens is 2. The number of carbonyl (C=O) groups excluding carboxylic acids is 1. The molecule has 0 atom stereocenters. The highest BCUT2D eigenvalue weighted by atomic mass is 35.5. The number of rotatable bonds is 5. The number of hydrogen-bond donors (Lipinski definition) is 1. The van der Waals surface area contributed by atoms with Gasteiger partial charge in [0.05, 0.1) is 10.6 Å². The van der Waals surface area contributed by atoms with Crippen LogP contribution in [-0.4, -0.2) is 22.0 Å². The van der Waals surface area contributed by atoms with Crippen molar-refractivity contribution in [2.75, 3.05) is 6.54 Å². The quantitative estimate of drug-likeness (QED) is 0.923. The second kappa shape index (κ2) is 5.85. The molecule has 1 fully saturated rings. The number of nitrogens with one attached hydrogen (secondary N) is 1. The Morgan fingerprint density at radius 2 is 2.29 bits per heavy atom. The van der Waals surface area contributed by atoms with Gasteiger partial charge in [0, 0.05) is 31.4 Å². The van der Waals surface area contributed by atoms with E-state index in [9.17, 15) is 9.18 Å². The van der Waals surface area contributed by atoms with Crippen LogP contribution in [0, 0.1) is 5.82 Å². The van der Waals surface area contributed by atoms with E-state index in [1.807, 2.05) is 10.8 Å². The van der Waals surface area contributed by atoms with Crippen molar-refractivity contribution in [2.45, 2.75) is 25.3 Å². The van der Waals surface area contributed by atoms with Crippen molar-refractivity contribution in [3.05, 3.63) is 52.8 Å². The molecule has 0 radical (unpaired) electrons. The van der Waals surface area contributed by atoms with Gasteiger partial charge in [0.1, 0.15) is 11.6 Å². The molecule has 0 saturated heterocycles. The first kappa shape index (κ1) is 14.1. The number of benzene rings is 1. The summed E-state index contributed by atoms with van der Waals surface area (Å²) in [6, 6.07) is 4.20. The summed E-state index contributed by atoms with van der Waals surface area (Å²) in [5, 5.41) is 2.81. The van der Waals surface area contributed by atoms with Gasteiger partial charge >= 0.3 is 0 Å². The van der Waals surface area contributed by atoms with E-state index in [1.54, 1.807) is 6.20 Å². The maximum absolute atomic E-state index is 13.6. The molecule has 21 heavy (non-hydrogen) atoms. The first-order chi connectivity index (χ1) is 10.2. The smallest absolute Gasteiger partial charge is 0.255 e. The SMILES string of the molecule is O=C(NCCn1ccnc1C1CC1)c1c(F)cccc1Cl. The van der Waals surface area contributed by atoms with Crippen molar-refractivity contribution in [2.24, 2.45) is 0 Å². The van der Waals surface area contributed by atoms with E-state index in [-0.39, 0.29) is 10.6 Å². The van der Waals surface area contributed by atoms with Gasteiger partial charge in [-0.15, -0.1) is 0 Å². The average molecular weight is 308 g/mol. The second-order valence-electron chi connectivity index (χ2n) is 5.11. The Kier molecular flexibility index (Phi) is 3.92. The topological polar surface area (TPSA) is 46.9 Å². The highest BCUT2D eigenvalue weighted by Gasteiger charge is 2.27. The summed E-state index contributed by atoms with van der Waals surface area (Å²) in [6.07, 6.45) is 6.02. The lowest BCUT2D eigenvalue weighted by molar-refractivity contribution is 0.0948. The van der Waals surface area contributed by atoms with Gasteiger partial charge in [0.25, 0.3) is 5.91 Å². The van der Waals surface area contributed by atoms with Gasteiger partial charge in [-0.1, -0.05) is 17.7 Å². The van der Waals surface area contributed by atoms with Gasteiger partial charge in [-0.2, -0.15) is 0 Å². The van der Waals surface area contributed by atoms with Crippen LogP contribution in [0.4, 0.5) is 4.39 Å². The van der Waals surface area contributed by atoms with Crippen LogP contribution in [0.1, 0.15) is 34.9 Å². The van der Waals surface area contributed by atoms with Crippen LogP contribution < -0.4 is 5.32 Å². The largest absolute Gasteiger partial charge is 0.350 e. The Balaban J connectivity index is 1.60. The van der Waals surface area contributed by atoms with Crippen LogP contribution in [0.2, 0.25) is 5.02 Å². The molecular weight excluding hydrogens is 293 g/mol. The number of amides is 1. The molecule has 0 unspecified atom stereocenters. The molecule has 4 nitrogen and oxygen atoms in total. The molecule has 0 bridgehead atoms. The van der Waals surface area contributed by atoms with Gasteiger partial charge in [0.15, 0.2) is 0 Å². The maximum atomic E-state index is 13.6. The first-order valence-corrected chi connectivity index (χ1v) is 7.28. The molecule has 110 valence electrons. The molecule has 6 heteroatoms. The minimum atomic E-state index is -0.610. The predicted octanol–water partition coefficient (Wildman–Crippen LogP) is 2.98. The van der Waals surface area contributed by atoms with Crippen molar-refractivity contribution >= 4 is 17.5 Å².